The van der Waals surface area contributed by atoms with Crippen LogP contribution in [0.25, 0.3) is 0 Å². The molecule has 0 saturated carbocycles. The van der Waals surface area contributed by atoms with Gasteiger partial charge < -0.3 is 9.64 Å². The molecule has 1 aromatic heterocycles. The molecule has 0 bridgehead atoms. The Morgan fingerprint density at radius 1 is 1.05 bits per heavy atom. The van der Waals surface area contributed by atoms with E-state index in [1.807, 2.05) is 50.5 Å². The highest BCUT2D eigenvalue weighted by Gasteiger charge is 2.15. The highest BCUT2D eigenvalue weighted by atomic mass is 16.5. The summed E-state index contributed by atoms with van der Waals surface area (Å²) < 4.78 is 6.02. The predicted octanol–water partition coefficient (Wildman–Crippen LogP) is 2.75. The first-order chi connectivity index (χ1) is 9.27. The first-order valence-electron chi connectivity index (χ1n) is 6.49. The van der Waals surface area contributed by atoms with Crippen LogP contribution in [0.5, 0.6) is 0 Å². The van der Waals surface area contributed by atoms with Crippen LogP contribution in [0.3, 0.4) is 0 Å². The molecule has 3 heteroatoms. The van der Waals surface area contributed by atoms with Crippen LogP contribution in [0.15, 0.2) is 54.7 Å². The summed E-state index contributed by atoms with van der Waals surface area (Å²) in [5.74, 6) is 0. The van der Waals surface area contributed by atoms with Crippen molar-refractivity contribution in [2.45, 2.75) is 6.10 Å². The van der Waals surface area contributed by atoms with E-state index in [1.165, 1.54) is 0 Å². The second kappa shape index (κ2) is 7.02. The Balaban J connectivity index is 2.14. The fourth-order valence-electron chi connectivity index (χ4n) is 1.86. The zero-order valence-corrected chi connectivity index (χ0v) is 11.5. The third kappa shape index (κ3) is 4.16. The number of hydrogen-bond donors (Lipinski definition) is 0. The molecule has 1 heterocycles. The van der Waals surface area contributed by atoms with Gasteiger partial charge in [-0.15, -0.1) is 0 Å². The van der Waals surface area contributed by atoms with E-state index in [4.69, 9.17) is 4.74 Å². The van der Waals surface area contributed by atoms with Gasteiger partial charge >= 0.3 is 0 Å². The Hall–Kier alpha value is -1.71. The van der Waals surface area contributed by atoms with Crippen molar-refractivity contribution in [1.82, 2.24) is 9.88 Å². The second-order valence-electron chi connectivity index (χ2n) is 4.72. The van der Waals surface area contributed by atoms with Crippen molar-refractivity contribution in [2.24, 2.45) is 0 Å². The Bertz CT molecular complexity index is 431. The van der Waals surface area contributed by atoms with Crippen LogP contribution in [0, 0.1) is 0 Å². The molecule has 100 valence electrons. The van der Waals surface area contributed by atoms with Crippen molar-refractivity contribution < 1.29 is 4.74 Å². The molecule has 0 spiro atoms. The van der Waals surface area contributed by atoms with Gasteiger partial charge in [0.1, 0.15) is 6.10 Å². The van der Waals surface area contributed by atoms with E-state index in [2.05, 4.69) is 22.0 Å². The van der Waals surface area contributed by atoms with E-state index in [9.17, 15) is 0 Å². The second-order valence-corrected chi connectivity index (χ2v) is 4.72. The van der Waals surface area contributed by atoms with Crippen molar-refractivity contribution in [2.75, 3.05) is 27.2 Å². The van der Waals surface area contributed by atoms with Crippen LogP contribution in [-0.2, 0) is 4.74 Å². The zero-order valence-electron chi connectivity index (χ0n) is 11.5. The van der Waals surface area contributed by atoms with Gasteiger partial charge in [-0.1, -0.05) is 36.4 Å². The number of ether oxygens (including phenoxy) is 1. The topological polar surface area (TPSA) is 25.4 Å². The van der Waals surface area contributed by atoms with Crippen LogP contribution < -0.4 is 0 Å². The molecule has 2 aromatic rings. The smallest absolute Gasteiger partial charge is 0.124 e. The maximum atomic E-state index is 6.02. The van der Waals surface area contributed by atoms with E-state index >= 15 is 0 Å². The summed E-state index contributed by atoms with van der Waals surface area (Å²) in [6.45, 7) is 1.58. The van der Waals surface area contributed by atoms with Gasteiger partial charge in [-0.25, -0.2) is 0 Å². The van der Waals surface area contributed by atoms with Crippen molar-refractivity contribution in [3.63, 3.8) is 0 Å². The molecule has 3 nitrogen and oxygen atoms in total. The summed E-state index contributed by atoms with van der Waals surface area (Å²) >= 11 is 0. The fourth-order valence-corrected chi connectivity index (χ4v) is 1.86. The maximum Gasteiger partial charge on any atom is 0.124 e. The number of aromatic nitrogens is 1. The van der Waals surface area contributed by atoms with E-state index in [1.54, 1.807) is 6.20 Å². The normalized spacial score (nSPS) is 12.6. The largest absolute Gasteiger partial charge is 0.366 e. The van der Waals surface area contributed by atoms with Gasteiger partial charge in [-0.05, 0) is 31.8 Å². The molecule has 0 radical (unpaired) electrons. The quantitative estimate of drug-likeness (QED) is 0.794. The van der Waals surface area contributed by atoms with Crippen molar-refractivity contribution in [3.05, 3.63) is 66.0 Å². The lowest BCUT2D eigenvalue weighted by atomic mass is 10.1. The Morgan fingerprint density at radius 2 is 1.79 bits per heavy atom. The standard InChI is InChI=1S/C16H20N2O/c1-18(2)12-13-19-16(14-8-4-3-5-9-14)15-10-6-7-11-17-15/h3-11,16H,12-13H2,1-2H3/t16-/m1/s1. The molecular weight excluding hydrogens is 236 g/mol. The predicted molar refractivity (Wildman–Crippen MR) is 77.0 cm³/mol. The highest BCUT2D eigenvalue weighted by molar-refractivity contribution is 5.25. The van der Waals surface area contributed by atoms with Gasteiger partial charge in [0.25, 0.3) is 0 Å². The average Bonchev–Trinajstić information content (AvgIpc) is 2.45. The van der Waals surface area contributed by atoms with Crippen molar-refractivity contribution in [1.29, 1.82) is 0 Å². The fraction of sp³-hybridized carbons (Fsp3) is 0.312. The molecule has 2 rings (SSSR count). The van der Waals surface area contributed by atoms with Crippen LogP contribution in [0.1, 0.15) is 17.4 Å². The lowest BCUT2D eigenvalue weighted by Crippen LogP contribution is -2.20. The number of hydrogen-bond acceptors (Lipinski definition) is 3. The summed E-state index contributed by atoms with van der Waals surface area (Å²) in [5.41, 5.74) is 2.09. The lowest BCUT2D eigenvalue weighted by molar-refractivity contribution is 0.0662. The summed E-state index contributed by atoms with van der Waals surface area (Å²) in [4.78, 5) is 6.53. The van der Waals surface area contributed by atoms with Gasteiger partial charge in [0.05, 0.1) is 12.3 Å². The Labute approximate surface area is 114 Å². The third-order valence-electron chi connectivity index (χ3n) is 2.88. The van der Waals surface area contributed by atoms with Crippen LogP contribution in [-0.4, -0.2) is 37.1 Å². The zero-order chi connectivity index (χ0) is 13.5. The molecule has 0 amide bonds. The van der Waals surface area contributed by atoms with E-state index in [0.29, 0.717) is 6.61 Å². The number of rotatable bonds is 6. The minimum atomic E-state index is -0.0950. The summed E-state index contributed by atoms with van der Waals surface area (Å²) in [6.07, 6.45) is 1.71. The number of pyridine rings is 1. The molecule has 19 heavy (non-hydrogen) atoms. The molecule has 0 aliphatic rings. The van der Waals surface area contributed by atoms with Crippen LogP contribution >= 0.6 is 0 Å². The number of likely N-dealkylation sites (N-methyl/N-ethyl adjacent to an activating group) is 1. The molecule has 0 fully saturated rings. The Kier molecular flexibility index (Phi) is 5.07. The molecule has 0 aliphatic heterocycles. The minimum absolute atomic E-state index is 0.0950. The van der Waals surface area contributed by atoms with Gasteiger partial charge in [0, 0.05) is 12.7 Å². The van der Waals surface area contributed by atoms with Crippen LogP contribution in [0.4, 0.5) is 0 Å². The minimum Gasteiger partial charge on any atom is -0.366 e. The molecule has 1 aromatic carbocycles. The summed E-state index contributed by atoms with van der Waals surface area (Å²) in [7, 11) is 4.09. The maximum absolute atomic E-state index is 6.02. The molecule has 0 saturated heterocycles. The Morgan fingerprint density at radius 3 is 2.42 bits per heavy atom. The molecule has 0 unspecified atom stereocenters. The van der Waals surface area contributed by atoms with Gasteiger partial charge in [0.15, 0.2) is 0 Å². The highest BCUT2D eigenvalue weighted by Crippen LogP contribution is 2.23. The molecule has 0 aliphatic carbocycles. The van der Waals surface area contributed by atoms with E-state index in [-0.39, 0.29) is 6.10 Å². The first-order valence-corrected chi connectivity index (χ1v) is 6.49. The van der Waals surface area contributed by atoms with E-state index < -0.39 is 0 Å². The van der Waals surface area contributed by atoms with Gasteiger partial charge in [-0.3, -0.25) is 4.98 Å². The van der Waals surface area contributed by atoms with Gasteiger partial charge in [0.2, 0.25) is 0 Å². The van der Waals surface area contributed by atoms with Crippen LogP contribution in [0.2, 0.25) is 0 Å². The lowest BCUT2D eigenvalue weighted by Gasteiger charge is -2.19. The molecular formula is C16H20N2O. The molecule has 0 N–H and O–H groups in total. The third-order valence-corrected chi connectivity index (χ3v) is 2.88. The van der Waals surface area contributed by atoms with Crippen molar-refractivity contribution >= 4 is 0 Å². The SMILES string of the molecule is CN(C)CCO[C@H](c1ccccc1)c1ccccn1. The van der Waals surface area contributed by atoms with Gasteiger partial charge in [-0.2, -0.15) is 0 Å². The first kappa shape index (κ1) is 13.7. The average molecular weight is 256 g/mol. The monoisotopic (exact) mass is 256 g/mol. The van der Waals surface area contributed by atoms with Crippen molar-refractivity contribution in [3.8, 4) is 0 Å². The van der Waals surface area contributed by atoms with E-state index in [0.717, 1.165) is 17.8 Å². The number of nitrogens with zero attached hydrogens (tertiary/aromatic N) is 2. The summed E-state index contributed by atoms with van der Waals surface area (Å²) in [6, 6.07) is 16.1. The summed E-state index contributed by atoms with van der Waals surface area (Å²) in [5, 5.41) is 0. The molecule has 1 atom stereocenters. The number of benzene rings is 1.